The van der Waals surface area contributed by atoms with Crippen molar-refractivity contribution in [1.29, 1.82) is 0 Å². The van der Waals surface area contributed by atoms with E-state index in [1.54, 1.807) is 62.6 Å². The number of aromatic amines is 1. The molecule has 6 aromatic rings. The van der Waals surface area contributed by atoms with Gasteiger partial charge in [0, 0.05) is 46.9 Å². The molecule has 6 rings (SSSR count). The maximum Gasteiger partial charge on any atom is 0.201 e. The Morgan fingerprint density at radius 3 is 2.51 bits per heavy atom. The standard InChI is InChI=1S/C34H29FN4O4/c1-20-30(21-7-5-4-6-8-21)32(40)31-26(38-20)13-15-37-33(31)39-22-9-12-29(25(35)17-22)43-28-14-16-36-27-18-23(10-11-24(27)28)42-19-34(2,3)41/h4-18,41H,19H2,1-3H3,(H,37,39)(H,38,40). The van der Waals surface area contributed by atoms with Crippen LogP contribution in [-0.4, -0.2) is 32.3 Å². The molecule has 0 atom stereocenters. The van der Waals surface area contributed by atoms with Crippen LogP contribution in [0, 0.1) is 12.7 Å². The lowest BCUT2D eigenvalue weighted by Gasteiger charge is -2.18. The lowest BCUT2D eigenvalue weighted by Crippen LogP contribution is -2.27. The Labute approximate surface area is 246 Å². The summed E-state index contributed by atoms with van der Waals surface area (Å²) >= 11 is 0. The Morgan fingerprint density at radius 2 is 1.74 bits per heavy atom. The highest BCUT2D eigenvalue weighted by atomic mass is 19.1. The molecular weight excluding hydrogens is 547 g/mol. The number of ether oxygens (including phenoxy) is 2. The van der Waals surface area contributed by atoms with Gasteiger partial charge in [0.25, 0.3) is 0 Å². The van der Waals surface area contributed by atoms with Gasteiger partial charge in [-0.15, -0.1) is 0 Å². The molecule has 3 aromatic heterocycles. The number of hydrogen-bond donors (Lipinski definition) is 3. The van der Waals surface area contributed by atoms with Gasteiger partial charge in [0.1, 0.15) is 23.9 Å². The molecule has 0 unspecified atom stereocenters. The summed E-state index contributed by atoms with van der Waals surface area (Å²) in [6.07, 6.45) is 3.16. The maximum absolute atomic E-state index is 15.3. The second kappa shape index (κ2) is 11.2. The smallest absolute Gasteiger partial charge is 0.201 e. The van der Waals surface area contributed by atoms with Crippen LogP contribution in [0.2, 0.25) is 0 Å². The first-order chi connectivity index (χ1) is 20.7. The van der Waals surface area contributed by atoms with Gasteiger partial charge in [-0.25, -0.2) is 9.37 Å². The van der Waals surface area contributed by atoms with Crippen LogP contribution in [0.15, 0.2) is 96.1 Å². The van der Waals surface area contributed by atoms with E-state index in [1.807, 2.05) is 37.3 Å². The number of anilines is 2. The molecule has 0 spiro atoms. The fourth-order valence-electron chi connectivity index (χ4n) is 4.86. The van der Waals surface area contributed by atoms with Crippen molar-refractivity contribution in [2.24, 2.45) is 0 Å². The van der Waals surface area contributed by atoms with E-state index >= 15 is 4.39 Å². The van der Waals surface area contributed by atoms with Gasteiger partial charge < -0.3 is 24.9 Å². The largest absolute Gasteiger partial charge is 0.491 e. The van der Waals surface area contributed by atoms with Gasteiger partial charge in [0.15, 0.2) is 11.6 Å². The number of pyridine rings is 3. The van der Waals surface area contributed by atoms with Gasteiger partial charge in [-0.2, -0.15) is 0 Å². The van der Waals surface area contributed by atoms with Crippen molar-refractivity contribution in [2.75, 3.05) is 11.9 Å². The quantitative estimate of drug-likeness (QED) is 0.175. The van der Waals surface area contributed by atoms with E-state index in [9.17, 15) is 9.90 Å². The molecular formula is C34H29FN4O4. The first-order valence-corrected chi connectivity index (χ1v) is 13.7. The van der Waals surface area contributed by atoms with Gasteiger partial charge in [-0.1, -0.05) is 30.3 Å². The van der Waals surface area contributed by atoms with Gasteiger partial charge in [-0.05, 0) is 62.7 Å². The first-order valence-electron chi connectivity index (χ1n) is 13.7. The molecule has 9 heteroatoms. The van der Waals surface area contributed by atoms with Crippen molar-refractivity contribution in [3.8, 4) is 28.4 Å². The van der Waals surface area contributed by atoms with E-state index in [-0.39, 0.29) is 17.8 Å². The highest BCUT2D eigenvalue weighted by Gasteiger charge is 2.17. The van der Waals surface area contributed by atoms with E-state index in [0.717, 1.165) is 11.3 Å². The second-order valence-electron chi connectivity index (χ2n) is 10.9. The van der Waals surface area contributed by atoms with E-state index in [4.69, 9.17) is 9.47 Å². The molecule has 0 aliphatic heterocycles. The maximum atomic E-state index is 15.3. The van der Waals surface area contributed by atoms with Crippen molar-refractivity contribution in [1.82, 2.24) is 15.0 Å². The lowest BCUT2D eigenvalue weighted by atomic mass is 10.0. The molecule has 3 aromatic carbocycles. The summed E-state index contributed by atoms with van der Waals surface area (Å²) in [5.41, 5.74) is 2.57. The molecule has 0 radical (unpaired) electrons. The minimum absolute atomic E-state index is 0.0196. The number of nitrogens with one attached hydrogen (secondary N) is 2. The molecule has 0 aliphatic rings. The topological polar surface area (TPSA) is 109 Å². The van der Waals surface area contributed by atoms with Crippen LogP contribution in [0.1, 0.15) is 19.5 Å². The van der Waals surface area contributed by atoms with Crippen LogP contribution in [0.3, 0.4) is 0 Å². The van der Waals surface area contributed by atoms with Gasteiger partial charge in [0.05, 0.1) is 22.0 Å². The van der Waals surface area contributed by atoms with Crippen molar-refractivity contribution in [2.45, 2.75) is 26.4 Å². The third kappa shape index (κ3) is 5.89. The molecule has 0 bridgehead atoms. The molecule has 216 valence electrons. The molecule has 0 fully saturated rings. The second-order valence-corrected chi connectivity index (χ2v) is 10.9. The van der Waals surface area contributed by atoms with Crippen LogP contribution in [0.4, 0.5) is 15.9 Å². The molecule has 43 heavy (non-hydrogen) atoms. The third-order valence-corrected chi connectivity index (χ3v) is 6.85. The normalized spacial score (nSPS) is 11.6. The van der Waals surface area contributed by atoms with E-state index in [0.29, 0.717) is 50.4 Å². The number of benzene rings is 3. The fraction of sp³-hybridized carbons (Fsp3) is 0.147. The van der Waals surface area contributed by atoms with Crippen LogP contribution < -0.4 is 20.2 Å². The van der Waals surface area contributed by atoms with Crippen molar-refractivity contribution in [3.05, 3.63) is 113 Å². The van der Waals surface area contributed by atoms with Crippen molar-refractivity contribution < 1.29 is 19.0 Å². The third-order valence-electron chi connectivity index (χ3n) is 6.85. The summed E-state index contributed by atoms with van der Waals surface area (Å²) in [6.45, 7) is 5.31. The predicted octanol–water partition coefficient (Wildman–Crippen LogP) is 7.27. The van der Waals surface area contributed by atoms with Gasteiger partial charge in [-0.3, -0.25) is 9.78 Å². The summed E-state index contributed by atoms with van der Waals surface area (Å²) in [5, 5.41) is 14.1. The van der Waals surface area contributed by atoms with Gasteiger partial charge >= 0.3 is 0 Å². The predicted molar refractivity (Wildman–Crippen MR) is 166 cm³/mol. The Kier molecular flexibility index (Phi) is 7.25. The summed E-state index contributed by atoms with van der Waals surface area (Å²) in [6, 6.07) is 22.6. The number of halogens is 1. The molecule has 0 saturated heterocycles. The minimum atomic E-state index is -0.977. The van der Waals surface area contributed by atoms with Crippen LogP contribution in [0.5, 0.6) is 17.2 Å². The first kappa shape index (κ1) is 27.9. The summed E-state index contributed by atoms with van der Waals surface area (Å²) in [5.74, 6) is 0.699. The summed E-state index contributed by atoms with van der Waals surface area (Å²) in [7, 11) is 0. The summed E-state index contributed by atoms with van der Waals surface area (Å²) < 4.78 is 27.0. The number of H-pyrrole nitrogens is 1. The van der Waals surface area contributed by atoms with Crippen LogP contribution in [-0.2, 0) is 0 Å². The highest BCUT2D eigenvalue weighted by molar-refractivity contribution is 5.94. The zero-order valence-corrected chi connectivity index (χ0v) is 23.8. The lowest BCUT2D eigenvalue weighted by molar-refractivity contribution is 0.0285. The number of fused-ring (bicyclic) bond motifs is 2. The zero-order valence-electron chi connectivity index (χ0n) is 23.8. The molecule has 0 saturated carbocycles. The number of aromatic nitrogens is 3. The minimum Gasteiger partial charge on any atom is -0.491 e. The van der Waals surface area contributed by atoms with E-state index in [1.165, 1.54) is 12.1 Å². The van der Waals surface area contributed by atoms with E-state index in [2.05, 4.69) is 20.3 Å². The van der Waals surface area contributed by atoms with Crippen molar-refractivity contribution >= 4 is 33.3 Å². The molecule has 0 amide bonds. The molecule has 0 aliphatic carbocycles. The summed E-state index contributed by atoms with van der Waals surface area (Å²) in [4.78, 5) is 25.8. The monoisotopic (exact) mass is 576 g/mol. The van der Waals surface area contributed by atoms with Crippen molar-refractivity contribution in [3.63, 3.8) is 0 Å². The molecule has 3 heterocycles. The average Bonchev–Trinajstić information content (AvgIpc) is 2.97. The Bertz CT molecular complexity index is 2020. The molecule has 8 nitrogen and oxygen atoms in total. The van der Waals surface area contributed by atoms with Crippen LogP contribution in [0.25, 0.3) is 32.9 Å². The van der Waals surface area contributed by atoms with Gasteiger partial charge in [0.2, 0.25) is 5.43 Å². The number of nitrogens with zero attached hydrogens (tertiary/aromatic N) is 2. The Hall–Kier alpha value is -5.28. The number of hydrogen-bond acceptors (Lipinski definition) is 7. The SMILES string of the molecule is Cc1[nH]c2ccnc(Nc3ccc(Oc4ccnc5cc(OCC(C)(C)O)ccc45)c(F)c3)c2c(=O)c1-c1ccccc1. The highest BCUT2D eigenvalue weighted by Crippen LogP contribution is 2.34. The fourth-order valence-corrected chi connectivity index (χ4v) is 4.86. The van der Waals surface area contributed by atoms with E-state index < -0.39 is 11.4 Å². The Morgan fingerprint density at radius 1 is 0.953 bits per heavy atom. The molecule has 3 N–H and O–H groups in total. The average molecular weight is 577 g/mol. The number of aliphatic hydroxyl groups is 1. The number of rotatable bonds is 8. The van der Waals surface area contributed by atoms with Crippen LogP contribution >= 0.6 is 0 Å². The number of aryl methyl sites for hydroxylation is 1. The Balaban J connectivity index is 1.28. The zero-order chi connectivity index (χ0) is 30.1.